The minimum absolute atomic E-state index is 0.0269. The van der Waals surface area contributed by atoms with E-state index in [1.165, 1.54) is 22.2 Å². The number of nitrogens with one attached hydrogen (secondary N) is 3. The third-order valence-corrected chi connectivity index (χ3v) is 18.3. The van der Waals surface area contributed by atoms with Crippen molar-refractivity contribution in [1.29, 1.82) is 5.41 Å². The van der Waals surface area contributed by atoms with Gasteiger partial charge in [-0.05, 0) is 138 Å². The molecule has 1 aliphatic heterocycles. The summed E-state index contributed by atoms with van der Waals surface area (Å²) in [4.78, 5) is 38.7. The highest BCUT2D eigenvalue weighted by Gasteiger charge is 3.00. The number of hydrogen-bond donors (Lipinski definition) is 5. The van der Waals surface area contributed by atoms with Crippen molar-refractivity contribution >= 4 is 62.4 Å². The Hall–Kier alpha value is -5.84. The van der Waals surface area contributed by atoms with Gasteiger partial charge in [0.05, 0.1) is 22.4 Å². The van der Waals surface area contributed by atoms with Crippen LogP contribution in [0.4, 0.5) is 10.5 Å². The second-order valence-corrected chi connectivity index (χ2v) is 23.2. The van der Waals surface area contributed by atoms with Gasteiger partial charge < -0.3 is 35.7 Å². The molecule has 5 N–H and O–H groups in total. The van der Waals surface area contributed by atoms with E-state index in [9.17, 15) is 27.7 Å². The number of aliphatic imine (C=N–C) groups is 1. The summed E-state index contributed by atoms with van der Waals surface area (Å²) in [5.74, 6) is -0.948. The molecule has 16 heteroatoms. The molecule has 2 heterocycles. The van der Waals surface area contributed by atoms with E-state index in [1.54, 1.807) is 17.4 Å². The van der Waals surface area contributed by atoms with Gasteiger partial charge in [0.2, 0.25) is 0 Å². The molecule has 5 unspecified atom stereocenters. The highest BCUT2D eigenvalue weighted by Crippen LogP contribution is 3.06. The number of para-hydroxylation sites is 1. The molecule has 5 atom stereocenters. The molecule has 4 fully saturated rings. The van der Waals surface area contributed by atoms with Gasteiger partial charge in [-0.25, -0.2) is 14.8 Å². The predicted molar refractivity (Wildman–Crippen MR) is 272 cm³/mol. The molecule has 1 aromatic heterocycles. The summed E-state index contributed by atoms with van der Waals surface area (Å²) in [6.07, 6.45) is 10.7. The van der Waals surface area contributed by atoms with E-state index in [0.717, 1.165) is 76.3 Å². The number of carbonyl (C=O) groups excluding carboxylic acids is 1. The molecule has 0 saturated heterocycles. The lowest BCUT2D eigenvalue weighted by Gasteiger charge is -3.03. The zero-order valence-electron chi connectivity index (χ0n) is 39.9. The quantitative estimate of drug-likeness (QED) is 0.0303. The third kappa shape index (κ3) is 8.25. The molecule has 5 aliphatic rings. The monoisotopic (exact) mass is 973 g/mol. The van der Waals surface area contributed by atoms with Gasteiger partial charge in [-0.2, -0.15) is 8.42 Å². The van der Waals surface area contributed by atoms with E-state index in [2.05, 4.69) is 65.4 Å². The summed E-state index contributed by atoms with van der Waals surface area (Å²) in [5, 5.41) is 26.4. The first-order chi connectivity index (χ1) is 32.9. The van der Waals surface area contributed by atoms with Crippen LogP contribution in [0.1, 0.15) is 82.4 Å². The van der Waals surface area contributed by atoms with Gasteiger partial charge >= 0.3 is 12.1 Å². The van der Waals surface area contributed by atoms with Crippen LogP contribution in [0.2, 0.25) is 0 Å². The Bertz CT molecular complexity index is 2890. The second kappa shape index (κ2) is 18.2. The number of carboxylic acid groups (broad SMARTS) is 1. The molecule has 0 bridgehead atoms. The molecule has 9 rings (SSSR count). The molecule has 4 aliphatic carbocycles. The van der Waals surface area contributed by atoms with Crippen molar-refractivity contribution in [3.05, 3.63) is 118 Å². The van der Waals surface area contributed by atoms with Crippen molar-refractivity contribution in [2.75, 3.05) is 44.3 Å². The molecule has 1 spiro atoms. The van der Waals surface area contributed by atoms with Gasteiger partial charge in [0, 0.05) is 68.5 Å². The number of rotatable bonds is 21. The standard InChI is InChI=1S/C53H63N7O7S2/c1-35(41(27-54)38(26-46(61)62)16-19-45(56-5)60-23-20-37-10-8-11-40(42(37)28-60)47-58-43-12-6-7-13-44(43)68-47)57-34-52-32-50(3)30-49(2)31-51(33-52,53(49,50)52)21-9-22-59(24-25-69(64,65)66)48(63)67-29-36-14-17-39(55-4)18-15-36/h6-8,10-19,27,54-55,57H,5,9,20-26,28-34H2,1-4H3,(H,61,62)(H,64,65,66)/b38-16+,41-35+,45-19+,54-27?. The molecule has 4 saturated carbocycles. The molecule has 4 aromatic rings. The first kappa shape index (κ1) is 48.2. The van der Waals surface area contributed by atoms with Crippen LogP contribution in [0.25, 0.3) is 20.8 Å². The number of allylic oxidation sites excluding steroid dienone is 4. The van der Waals surface area contributed by atoms with Crippen molar-refractivity contribution in [1.82, 2.24) is 20.1 Å². The third-order valence-electron chi connectivity index (χ3n) is 16.5. The first-order valence-corrected chi connectivity index (χ1v) is 26.2. The van der Waals surface area contributed by atoms with E-state index < -0.39 is 27.9 Å². The lowest BCUT2D eigenvalue weighted by atomic mass is 9.00. The number of nitrogens with zero attached hydrogens (tertiary/aromatic N) is 4. The highest BCUT2D eigenvalue weighted by atomic mass is 32.2. The fraction of sp³-hybridized carbons (Fsp3) is 0.453. The average Bonchev–Trinajstić information content (AvgIpc) is 3.74. The lowest BCUT2D eigenvalue weighted by Crippen LogP contribution is -2.98. The van der Waals surface area contributed by atoms with Gasteiger partial charge in [-0.15, -0.1) is 11.3 Å². The van der Waals surface area contributed by atoms with Crippen molar-refractivity contribution in [3.63, 3.8) is 0 Å². The highest BCUT2D eigenvalue weighted by molar-refractivity contribution is 7.85. The number of thiazole rings is 1. The second-order valence-electron chi connectivity index (χ2n) is 20.6. The summed E-state index contributed by atoms with van der Waals surface area (Å²) >= 11 is 1.68. The molecule has 0 radical (unpaired) electrons. The number of ether oxygens (including phenoxy) is 1. The van der Waals surface area contributed by atoms with Crippen LogP contribution in [-0.2, 0) is 39.2 Å². The Labute approximate surface area is 408 Å². The van der Waals surface area contributed by atoms with Crippen LogP contribution >= 0.6 is 11.3 Å². The molecule has 3 aromatic carbocycles. The van der Waals surface area contributed by atoms with Gasteiger partial charge in [0.1, 0.15) is 17.4 Å². The van der Waals surface area contributed by atoms with Crippen molar-refractivity contribution in [2.45, 2.75) is 85.3 Å². The maximum Gasteiger partial charge on any atom is 0.410 e. The molecule has 1 amide bonds. The minimum atomic E-state index is -4.30. The fourth-order valence-electron chi connectivity index (χ4n) is 15.1. The SMILES string of the molecule is C=N\C(=C/C=C(CC(=O)O)/C(C=N)=C(\C)NCC12CC3(C)CC4(C)CC(CCCN(CCS(=O)(=O)O)C(=O)OCc5ccc(NC)cc5)(C1)C432)N1CCc2cccc(-c3nc4ccccc4s3)c2C1. The molecular weight excluding hydrogens is 911 g/mol. The van der Waals surface area contributed by atoms with Gasteiger partial charge in [-0.1, -0.05) is 62.4 Å². The number of carboxylic acids is 1. The Balaban J connectivity index is 0.888. The van der Waals surface area contributed by atoms with Gasteiger partial charge in [0.25, 0.3) is 10.1 Å². The molecule has 14 nitrogen and oxygen atoms in total. The summed E-state index contributed by atoms with van der Waals surface area (Å²) in [6, 6.07) is 22.0. The van der Waals surface area contributed by atoms with Crippen LogP contribution in [-0.4, -0.2) is 96.8 Å². The number of benzene rings is 3. The van der Waals surface area contributed by atoms with Gasteiger partial charge in [0.15, 0.2) is 0 Å². The number of hydrogen-bond acceptors (Lipinski definition) is 12. The Morgan fingerprint density at radius 1 is 1.01 bits per heavy atom. The number of carbonyl (C=O) groups is 2. The minimum Gasteiger partial charge on any atom is -0.481 e. The number of anilines is 1. The van der Waals surface area contributed by atoms with E-state index in [-0.39, 0.29) is 46.6 Å². The summed E-state index contributed by atoms with van der Waals surface area (Å²) < 4.78 is 39.9. The maximum atomic E-state index is 13.4. The number of aromatic nitrogens is 1. The normalized spacial score (nSPS) is 26.9. The number of fused-ring (bicyclic) bond motifs is 2. The van der Waals surface area contributed by atoms with Crippen molar-refractivity contribution in [3.8, 4) is 10.6 Å². The Morgan fingerprint density at radius 2 is 1.77 bits per heavy atom. The topological polar surface area (TPSA) is 198 Å². The summed E-state index contributed by atoms with van der Waals surface area (Å²) in [6.45, 7) is 12.8. The number of aliphatic carboxylic acids is 1. The fourth-order valence-corrected chi connectivity index (χ4v) is 16.6. The van der Waals surface area contributed by atoms with Crippen LogP contribution < -0.4 is 10.6 Å². The average molecular weight is 974 g/mol. The first-order valence-electron chi connectivity index (χ1n) is 23.8. The van der Waals surface area contributed by atoms with Crippen molar-refractivity contribution < 1.29 is 32.4 Å². The molecular formula is C53H63N7O7S2. The van der Waals surface area contributed by atoms with Gasteiger partial charge in [-0.3, -0.25) is 9.35 Å². The Morgan fingerprint density at radius 3 is 2.45 bits per heavy atom. The van der Waals surface area contributed by atoms with E-state index in [1.807, 2.05) is 62.5 Å². The number of amides is 1. The van der Waals surface area contributed by atoms with Crippen molar-refractivity contribution in [2.24, 2.45) is 32.1 Å². The van der Waals surface area contributed by atoms with Crippen LogP contribution in [0.5, 0.6) is 0 Å². The lowest BCUT2D eigenvalue weighted by molar-refractivity contribution is -0.554. The predicted octanol–water partition coefficient (Wildman–Crippen LogP) is 9.71. The zero-order chi connectivity index (χ0) is 49.0. The summed E-state index contributed by atoms with van der Waals surface area (Å²) in [7, 11) is -2.48. The Kier molecular flexibility index (Phi) is 12.7. The molecule has 69 heavy (non-hydrogen) atoms. The van der Waals surface area contributed by atoms with E-state index in [4.69, 9.17) is 15.1 Å². The van der Waals surface area contributed by atoms with E-state index >= 15 is 0 Å². The zero-order valence-corrected chi connectivity index (χ0v) is 41.6. The summed E-state index contributed by atoms with van der Waals surface area (Å²) in [5.41, 5.74) is 8.61. The largest absolute Gasteiger partial charge is 0.481 e. The van der Waals surface area contributed by atoms with E-state index in [0.29, 0.717) is 49.6 Å². The smallest absolute Gasteiger partial charge is 0.410 e. The van der Waals surface area contributed by atoms with Crippen LogP contribution in [0, 0.1) is 32.5 Å². The maximum absolute atomic E-state index is 13.4. The molecule has 364 valence electrons. The van der Waals surface area contributed by atoms with Crippen LogP contribution in [0.3, 0.4) is 0 Å². The van der Waals surface area contributed by atoms with Crippen LogP contribution in [0.15, 0.2) is 107 Å².